The second-order valence-electron chi connectivity index (χ2n) is 7.11. The highest BCUT2D eigenvalue weighted by molar-refractivity contribution is 7.71. The molecule has 0 unspecified atom stereocenters. The van der Waals surface area contributed by atoms with E-state index in [0.717, 1.165) is 23.9 Å². The van der Waals surface area contributed by atoms with E-state index in [1.54, 1.807) is 6.08 Å². The van der Waals surface area contributed by atoms with Crippen molar-refractivity contribution in [3.05, 3.63) is 34.3 Å². The Bertz CT molecular complexity index is 816. The first kappa shape index (κ1) is 19.9. The number of allylic oxidation sites excluding steroid dienone is 1. The molecule has 6 nitrogen and oxygen atoms in total. The molecule has 1 aliphatic carbocycles. The van der Waals surface area contributed by atoms with Gasteiger partial charge in [0.1, 0.15) is 5.82 Å². The minimum atomic E-state index is 0.0565. The summed E-state index contributed by atoms with van der Waals surface area (Å²) in [6, 6.07) is 0. The molecule has 1 amide bonds. The van der Waals surface area contributed by atoms with Crippen LogP contribution in [0, 0.1) is 10.7 Å². The highest BCUT2D eigenvalue weighted by Crippen LogP contribution is 2.27. The topological polar surface area (TPSA) is 75.6 Å². The Morgan fingerprint density at radius 2 is 2.26 bits per heavy atom. The molecule has 1 aliphatic rings. The van der Waals surface area contributed by atoms with Crippen molar-refractivity contribution in [1.29, 1.82) is 0 Å². The molecule has 0 radical (unpaired) electrons. The zero-order valence-electron chi connectivity index (χ0n) is 15.6. The van der Waals surface area contributed by atoms with Crippen molar-refractivity contribution >= 4 is 34.6 Å². The Kier molecular flexibility index (Phi) is 7.34. The fourth-order valence-corrected chi connectivity index (χ4v) is 4.57. The zero-order valence-corrected chi connectivity index (χ0v) is 17.2. The Hall–Kier alpha value is -1.80. The normalized spacial score (nSPS) is 15.0. The van der Waals surface area contributed by atoms with Crippen LogP contribution >= 0.6 is 23.6 Å². The number of anilines is 1. The van der Waals surface area contributed by atoms with E-state index in [1.165, 1.54) is 49.9 Å². The number of thiazole rings is 1. The van der Waals surface area contributed by atoms with Crippen LogP contribution in [0.25, 0.3) is 0 Å². The summed E-state index contributed by atoms with van der Waals surface area (Å²) < 4.78 is 2.47. The molecule has 146 valence electrons. The molecule has 0 spiro atoms. The molecule has 0 saturated heterocycles. The minimum absolute atomic E-state index is 0.0565. The molecular formula is C19H27N5OS2. The van der Waals surface area contributed by atoms with Gasteiger partial charge < -0.3 is 5.32 Å². The summed E-state index contributed by atoms with van der Waals surface area (Å²) in [4.78, 5) is 16.7. The van der Waals surface area contributed by atoms with Crippen LogP contribution < -0.4 is 5.32 Å². The van der Waals surface area contributed by atoms with Gasteiger partial charge in [0.2, 0.25) is 5.91 Å². The van der Waals surface area contributed by atoms with E-state index in [4.69, 9.17) is 12.2 Å². The van der Waals surface area contributed by atoms with Crippen LogP contribution in [0.3, 0.4) is 0 Å². The van der Waals surface area contributed by atoms with Crippen LogP contribution in [-0.4, -0.2) is 25.7 Å². The number of amides is 1. The number of aromatic nitrogens is 4. The molecule has 0 aliphatic heterocycles. The second kappa shape index (κ2) is 9.94. The van der Waals surface area contributed by atoms with Gasteiger partial charge in [-0.05, 0) is 31.0 Å². The Morgan fingerprint density at radius 3 is 3.04 bits per heavy atom. The van der Waals surface area contributed by atoms with Crippen LogP contribution in [0.5, 0.6) is 0 Å². The van der Waals surface area contributed by atoms with Crippen LogP contribution in [0.1, 0.15) is 62.9 Å². The lowest BCUT2D eigenvalue weighted by Crippen LogP contribution is -2.13. The van der Waals surface area contributed by atoms with Crippen molar-refractivity contribution < 1.29 is 4.79 Å². The predicted molar refractivity (Wildman–Crippen MR) is 112 cm³/mol. The molecule has 8 heteroatoms. The maximum atomic E-state index is 12.2. The van der Waals surface area contributed by atoms with Gasteiger partial charge in [-0.3, -0.25) is 14.5 Å². The molecule has 0 bridgehead atoms. The van der Waals surface area contributed by atoms with Crippen LogP contribution in [0.2, 0.25) is 0 Å². The number of H-pyrrole nitrogens is 1. The van der Waals surface area contributed by atoms with Gasteiger partial charge in [-0.25, -0.2) is 4.98 Å². The molecule has 2 aromatic heterocycles. The first-order valence-electron chi connectivity index (χ1n) is 9.65. The van der Waals surface area contributed by atoms with E-state index in [1.807, 2.05) is 9.95 Å². The standard InChI is InChI=1S/C19H27N5OS2/c1-2-11-24-16(22-23-19(24)26)12-15-13-27-18(20-15)21-17(25)10-6-9-14-7-4-3-5-8-14/h2,13-14H,1,3-12H2,(H,23,26)(H,20,21,25). The average Bonchev–Trinajstić information content (AvgIpc) is 3.24. The summed E-state index contributed by atoms with van der Waals surface area (Å²) in [5, 5.41) is 12.6. The smallest absolute Gasteiger partial charge is 0.226 e. The van der Waals surface area contributed by atoms with Gasteiger partial charge in [0.05, 0.1) is 12.1 Å². The first-order chi connectivity index (χ1) is 13.2. The van der Waals surface area contributed by atoms with Gasteiger partial charge >= 0.3 is 0 Å². The van der Waals surface area contributed by atoms with Crippen molar-refractivity contribution in [3.8, 4) is 0 Å². The summed E-state index contributed by atoms with van der Waals surface area (Å²) in [7, 11) is 0. The van der Waals surface area contributed by atoms with Crippen molar-refractivity contribution in [2.75, 3.05) is 5.32 Å². The van der Waals surface area contributed by atoms with Gasteiger partial charge in [0.25, 0.3) is 0 Å². The number of carbonyl (C=O) groups is 1. The number of nitrogens with one attached hydrogen (secondary N) is 2. The monoisotopic (exact) mass is 405 g/mol. The zero-order chi connectivity index (χ0) is 19.1. The van der Waals surface area contributed by atoms with Crippen LogP contribution in [-0.2, 0) is 17.8 Å². The lowest BCUT2D eigenvalue weighted by atomic mass is 9.86. The van der Waals surface area contributed by atoms with E-state index >= 15 is 0 Å². The van der Waals surface area contributed by atoms with Crippen molar-refractivity contribution in [3.63, 3.8) is 0 Å². The predicted octanol–water partition coefficient (Wildman–Crippen LogP) is 4.86. The first-order valence-corrected chi connectivity index (χ1v) is 10.9. The fourth-order valence-electron chi connectivity index (χ4n) is 3.62. The van der Waals surface area contributed by atoms with E-state index in [2.05, 4.69) is 27.1 Å². The molecule has 0 atom stereocenters. The third kappa shape index (κ3) is 5.84. The Morgan fingerprint density at radius 1 is 1.44 bits per heavy atom. The molecule has 3 rings (SSSR count). The molecule has 27 heavy (non-hydrogen) atoms. The summed E-state index contributed by atoms with van der Waals surface area (Å²) in [6.45, 7) is 4.36. The van der Waals surface area contributed by atoms with Crippen LogP contribution in [0.4, 0.5) is 5.13 Å². The number of nitrogens with zero attached hydrogens (tertiary/aromatic N) is 3. The molecule has 0 aromatic carbocycles. The molecule has 2 heterocycles. The number of rotatable bonds is 9. The van der Waals surface area contributed by atoms with E-state index in [9.17, 15) is 4.79 Å². The third-order valence-electron chi connectivity index (χ3n) is 5.03. The van der Waals surface area contributed by atoms with Gasteiger partial charge in [0.15, 0.2) is 9.90 Å². The number of aromatic amines is 1. The summed E-state index contributed by atoms with van der Waals surface area (Å²) in [5.41, 5.74) is 0.872. The molecule has 1 saturated carbocycles. The van der Waals surface area contributed by atoms with Crippen molar-refractivity contribution in [2.45, 2.75) is 64.3 Å². The molecular weight excluding hydrogens is 378 g/mol. The summed E-state index contributed by atoms with van der Waals surface area (Å²) >= 11 is 6.67. The number of carbonyl (C=O) groups excluding carboxylic acids is 1. The van der Waals surface area contributed by atoms with E-state index in [-0.39, 0.29) is 5.91 Å². The lowest BCUT2D eigenvalue weighted by molar-refractivity contribution is -0.116. The van der Waals surface area contributed by atoms with Crippen molar-refractivity contribution in [1.82, 2.24) is 19.7 Å². The van der Waals surface area contributed by atoms with Crippen LogP contribution in [0.15, 0.2) is 18.0 Å². The number of hydrogen-bond acceptors (Lipinski definition) is 5. The lowest BCUT2D eigenvalue weighted by Gasteiger charge is -2.20. The highest BCUT2D eigenvalue weighted by atomic mass is 32.1. The van der Waals surface area contributed by atoms with Gasteiger partial charge in [-0.15, -0.1) is 17.9 Å². The molecule has 2 aromatic rings. The SMILES string of the molecule is C=CCn1c(Cc2csc(NC(=O)CCCC3CCCCC3)n2)n[nH]c1=S. The Balaban J connectivity index is 1.46. The van der Waals surface area contributed by atoms with Gasteiger partial charge in [-0.2, -0.15) is 5.10 Å². The fraction of sp³-hybridized carbons (Fsp3) is 0.579. The number of hydrogen-bond donors (Lipinski definition) is 2. The van der Waals surface area contributed by atoms with Crippen molar-refractivity contribution in [2.24, 2.45) is 5.92 Å². The van der Waals surface area contributed by atoms with E-state index in [0.29, 0.717) is 29.3 Å². The Labute approximate surface area is 169 Å². The molecule has 1 fully saturated rings. The van der Waals surface area contributed by atoms with Gasteiger partial charge in [-0.1, -0.05) is 38.2 Å². The van der Waals surface area contributed by atoms with Gasteiger partial charge in [0, 0.05) is 18.3 Å². The maximum Gasteiger partial charge on any atom is 0.226 e. The van der Waals surface area contributed by atoms with E-state index < -0.39 is 0 Å². The summed E-state index contributed by atoms with van der Waals surface area (Å²) in [6.07, 6.45) is 11.8. The molecule has 2 N–H and O–H groups in total. The average molecular weight is 406 g/mol. The summed E-state index contributed by atoms with van der Waals surface area (Å²) in [5.74, 6) is 1.69. The largest absolute Gasteiger partial charge is 0.302 e. The third-order valence-corrected chi connectivity index (χ3v) is 6.15. The second-order valence-corrected chi connectivity index (χ2v) is 8.35. The maximum absolute atomic E-state index is 12.2. The quantitative estimate of drug-likeness (QED) is 0.461. The highest BCUT2D eigenvalue weighted by Gasteiger charge is 2.14. The minimum Gasteiger partial charge on any atom is -0.302 e.